The summed E-state index contributed by atoms with van der Waals surface area (Å²) in [5.41, 5.74) is 7.29. The number of pyridine rings is 2. The van der Waals surface area contributed by atoms with Gasteiger partial charge in [-0.2, -0.15) is 0 Å². The Labute approximate surface area is 352 Å². The highest BCUT2D eigenvalue weighted by Gasteiger charge is 2.29. The number of aryl methyl sites for hydroxylation is 2. The summed E-state index contributed by atoms with van der Waals surface area (Å²) < 4.78 is 4.52. The van der Waals surface area contributed by atoms with E-state index in [1.807, 2.05) is 24.3 Å². The average Bonchev–Trinajstić information content (AvgIpc) is 4.07. The van der Waals surface area contributed by atoms with E-state index in [1.165, 1.54) is 25.7 Å². The third kappa shape index (κ3) is 11.0. The van der Waals surface area contributed by atoms with Crippen molar-refractivity contribution in [2.24, 2.45) is 9.98 Å². The molecule has 20 heteroatoms. The predicted molar refractivity (Wildman–Crippen MR) is 228 cm³/mol. The zero-order chi connectivity index (χ0) is 33.2. The number of aromatic amines is 2. The van der Waals surface area contributed by atoms with Crippen LogP contribution in [0.25, 0.3) is 22.3 Å². The van der Waals surface area contributed by atoms with E-state index < -0.39 is 0 Å². The fourth-order valence-electron chi connectivity index (χ4n) is 5.90. The molecule has 2 aliphatic carbocycles. The second-order valence-corrected chi connectivity index (χ2v) is 14.9. The monoisotopic (exact) mass is 872 g/mol. The third-order valence-electron chi connectivity index (χ3n) is 8.75. The molecule has 2 saturated carbocycles. The SMILES string of the molecule is CCCn1c(SCSc2nc(=NCc3ccncc3)c3[nH]c(C4CC4)nc3n2CCC)nc(=NCc2ccncc2)c2[nH]c(C3CC3)nc21.Cl.Cl.Cl.Cl.O.O. The molecule has 2 aliphatic rings. The molecule has 0 bridgehead atoms. The van der Waals surface area contributed by atoms with E-state index in [4.69, 9.17) is 29.9 Å². The zero-order valence-corrected chi connectivity index (χ0v) is 35.4. The van der Waals surface area contributed by atoms with Gasteiger partial charge in [-0.1, -0.05) is 37.4 Å². The number of thioether (sulfide) groups is 2. The maximum Gasteiger partial charge on any atom is 0.178 e. The first-order valence-corrected chi connectivity index (χ1v) is 19.2. The Hall–Kier alpha value is -3.22. The van der Waals surface area contributed by atoms with Gasteiger partial charge < -0.3 is 30.1 Å². The molecule has 6 N–H and O–H groups in total. The van der Waals surface area contributed by atoms with Crippen LogP contribution >= 0.6 is 73.2 Å². The van der Waals surface area contributed by atoms with Crippen molar-refractivity contribution in [3.05, 3.63) is 82.8 Å². The number of aromatic nitrogens is 10. The van der Waals surface area contributed by atoms with Crippen LogP contribution in [0.15, 0.2) is 69.4 Å². The van der Waals surface area contributed by atoms with Crippen molar-refractivity contribution in [2.45, 2.75) is 101 Å². The van der Waals surface area contributed by atoms with Crippen LogP contribution in [0.4, 0.5) is 0 Å². The molecule has 0 spiro atoms. The molecule has 0 aromatic carbocycles. The minimum atomic E-state index is 0. The van der Waals surface area contributed by atoms with Crippen molar-refractivity contribution in [1.29, 1.82) is 0 Å². The maximum absolute atomic E-state index is 5.17. The molecule has 55 heavy (non-hydrogen) atoms. The first-order chi connectivity index (χ1) is 24.2. The summed E-state index contributed by atoms with van der Waals surface area (Å²) in [7, 11) is 0. The van der Waals surface area contributed by atoms with Crippen LogP contribution in [0, 0.1) is 0 Å². The van der Waals surface area contributed by atoms with E-state index in [0.717, 1.165) is 81.3 Å². The summed E-state index contributed by atoms with van der Waals surface area (Å²) in [6.45, 7) is 7.09. The maximum atomic E-state index is 5.17. The minimum Gasteiger partial charge on any atom is -0.412 e. The summed E-state index contributed by atoms with van der Waals surface area (Å²) >= 11 is 3.41. The Morgan fingerprint density at radius 1 is 0.618 bits per heavy atom. The minimum absolute atomic E-state index is 0. The van der Waals surface area contributed by atoms with Gasteiger partial charge in [0.2, 0.25) is 0 Å². The molecular weight excluding hydrogens is 826 g/mol. The van der Waals surface area contributed by atoms with Gasteiger partial charge in [0.05, 0.1) is 18.2 Å². The molecule has 0 aliphatic heterocycles. The van der Waals surface area contributed by atoms with Crippen molar-refractivity contribution < 1.29 is 11.0 Å². The first kappa shape index (κ1) is 47.9. The van der Waals surface area contributed by atoms with E-state index in [-0.39, 0.29) is 60.6 Å². The van der Waals surface area contributed by atoms with Crippen molar-refractivity contribution in [3.8, 4) is 0 Å². The van der Waals surface area contributed by atoms with Crippen LogP contribution in [0.3, 0.4) is 0 Å². The van der Waals surface area contributed by atoms with E-state index >= 15 is 0 Å². The summed E-state index contributed by atoms with van der Waals surface area (Å²) in [5, 5.41) is 2.52. The lowest BCUT2D eigenvalue weighted by Gasteiger charge is -2.14. The lowest BCUT2D eigenvalue weighted by Crippen LogP contribution is -2.19. The van der Waals surface area contributed by atoms with Gasteiger partial charge >= 0.3 is 0 Å². The Balaban J connectivity index is 0.00000174. The van der Waals surface area contributed by atoms with Crippen molar-refractivity contribution >= 4 is 95.5 Å². The Kier molecular flexibility index (Phi) is 19.1. The number of hydrogen-bond donors (Lipinski definition) is 2. The molecule has 6 aromatic heterocycles. The molecule has 8 rings (SSSR count). The Morgan fingerprint density at radius 2 is 1.00 bits per heavy atom. The van der Waals surface area contributed by atoms with Gasteiger partial charge in [0, 0.05) is 49.7 Å². The van der Waals surface area contributed by atoms with Crippen molar-refractivity contribution in [3.63, 3.8) is 0 Å². The summed E-state index contributed by atoms with van der Waals surface area (Å²) in [4.78, 5) is 46.1. The number of nitrogens with one attached hydrogen (secondary N) is 2. The van der Waals surface area contributed by atoms with E-state index in [9.17, 15) is 0 Å². The molecule has 0 amide bonds. The zero-order valence-electron chi connectivity index (χ0n) is 30.5. The molecule has 2 fully saturated rings. The highest BCUT2D eigenvalue weighted by Crippen LogP contribution is 2.40. The first-order valence-electron chi connectivity index (χ1n) is 17.2. The van der Waals surface area contributed by atoms with Gasteiger partial charge in [-0.25, -0.2) is 19.9 Å². The number of H-pyrrole nitrogens is 2. The molecule has 0 atom stereocenters. The number of fused-ring (bicyclic) bond motifs is 2. The quantitative estimate of drug-likeness (QED) is 0.0722. The lowest BCUT2D eigenvalue weighted by atomic mass is 10.3. The molecule has 0 saturated heterocycles. The smallest absolute Gasteiger partial charge is 0.178 e. The standard InChI is InChI=1S/C35H40N12S2.4ClH.2H2O/c1-3-17-46-32-26(40-28(42-32)24-5-6-24)30(38-19-22-9-13-36-14-10-22)44-34(46)48-21-49-35-45-31(39-20-23-11-15-37-16-12-23)27-33(47(35)18-4-2)43-29(41-27)25-7-8-25;;;;;;/h9-16,24-25H,3-8,17-21H2,1-2H3,(H,40,42)(H,41,43);4*1H;2*1H2. The molecule has 0 unspecified atom stereocenters. The number of nitrogens with zero attached hydrogens (tertiary/aromatic N) is 10. The number of imidazole rings is 2. The van der Waals surface area contributed by atoms with Crippen LogP contribution in [0.5, 0.6) is 0 Å². The van der Waals surface area contributed by atoms with Crippen LogP contribution in [0.1, 0.15) is 87.0 Å². The average molecular weight is 875 g/mol. The molecule has 0 radical (unpaired) electrons. The Bertz CT molecular complexity index is 2090. The molecule has 6 heterocycles. The van der Waals surface area contributed by atoms with Crippen molar-refractivity contribution in [1.82, 2.24) is 49.0 Å². The van der Waals surface area contributed by atoms with Gasteiger partial charge in [0.15, 0.2) is 32.6 Å². The highest BCUT2D eigenvalue weighted by molar-refractivity contribution is 8.15. The van der Waals surface area contributed by atoms with Crippen LogP contribution in [-0.2, 0) is 26.2 Å². The highest BCUT2D eigenvalue weighted by atomic mass is 35.5. The molecule has 6 aromatic rings. The molecule has 14 nitrogen and oxygen atoms in total. The third-order valence-corrected chi connectivity index (χ3v) is 10.8. The largest absolute Gasteiger partial charge is 0.412 e. The van der Waals surface area contributed by atoms with E-state index in [2.05, 4.69) is 42.9 Å². The fraction of sp³-hybridized carbons (Fsp3) is 0.429. The second kappa shape index (κ2) is 21.9. The lowest BCUT2D eigenvalue weighted by molar-refractivity contribution is 0.608. The van der Waals surface area contributed by atoms with Gasteiger partial charge in [0.1, 0.15) is 22.7 Å². The summed E-state index contributed by atoms with van der Waals surface area (Å²) in [6.07, 6.45) is 13.9. The number of rotatable bonds is 14. The van der Waals surface area contributed by atoms with Crippen LogP contribution in [0.2, 0.25) is 0 Å². The van der Waals surface area contributed by atoms with Crippen LogP contribution < -0.4 is 11.0 Å². The number of halogens is 4. The predicted octanol–water partition coefficient (Wildman–Crippen LogP) is 6.28. The van der Waals surface area contributed by atoms with E-state index in [0.29, 0.717) is 41.0 Å². The van der Waals surface area contributed by atoms with Gasteiger partial charge in [-0.3, -0.25) is 20.0 Å². The number of hydrogen-bond acceptors (Lipinski definition) is 10. The van der Waals surface area contributed by atoms with Gasteiger partial charge in [-0.05, 0) is 73.9 Å². The topological polar surface area (TPSA) is 206 Å². The van der Waals surface area contributed by atoms with Crippen molar-refractivity contribution in [2.75, 3.05) is 5.08 Å². The van der Waals surface area contributed by atoms with Gasteiger partial charge in [-0.15, -0.1) is 49.6 Å². The fourth-order valence-corrected chi connectivity index (χ4v) is 7.95. The Morgan fingerprint density at radius 3 is 1.35 bits per heavy atom. The summed E-state index contributed by atoms with van der Waals surface area (Å²) in [6, 6.07) is 7.98. The normalized spacial score (nSPS) is 13.9. The van der Waals surface area contributed by atoms with E-state index in [1.54, 1.807) is 48.3 Å². The second-order valence-electron chi connectivity index (χ2n) is 12.7. The molecular formula is C35H48Cl4N12O2S2. The van der Waals surface area contributed by atoms with Gasteiger partial charge in [0.25, 0.3) is 0 Å². The molecule has 300 valence electrons. The summed E-state index contributed by atoms with van der Waals surface area (Å²) in [5.74, 6) is 3.09. The van der Waals surface area contributed by atoms with Crippen LogP contribution in [-0.4, -0.2) is 65.0 Å².